The highest BCUT2D eigenvalue weighted by Crippen LogP contribution is 2.32. The third-order valence-corrected chi connectivity index (χ3v) is 6.59. The van der Waals surface area contributed by atoms with Crippen LogP contribution in [0.1, 0.15) is 36.5 Å². The number of carbonyl (C=O) groups excluding carboxylic acids is 2. The third-order valence-electron chi connectivity index (χ3n) is 5.29. The number of ether oxygens (including phenoxy) is 3. The summed E-state index contributed by atoms with van der Waals surface area (Å²) in [5, 5.41) is 0. The van der Waals surface area contributed by atoms with Gasteiger partial charge in [0, 0.05) is 12.7 Å². The molecule has 0 spiro atoms. The van der Waals surface area contributed by atoms with Crippen LogP contribution >= 0.6 is 0 Å². The molecule has 0 unspecified atom stereocenters. The number of benzene rings is 1. The lowest BCUT2D eigenvalue weighted by Gasteiger charge is -2.42. The number of amides is 1. The molecule has 1 fully saturated rings. The smallest absolute Gasteiger partial charge is 0.308 e. The van der Waals surface area contributed by atoms with E-state index in [0.717, 1.165) is 0 Å². The van der Waals surface area contributed by atoms with Crippen molar-refractivity contribution in [1.29, 1.82) is 0 Å². The molecule has 1 aromatic carbocycles. The molecule has 0 radical (unpaired) electrons. The number of likely N-dealkylation sites (N-methyl/N-ethyl adjacent to an activating group) is 1. The first-order chi connectivity index (χ1) is 13.7. The zero-order chi connectivity index (χ0) is 21.2. The Hall–Kier alpha value is -2.33. The number of carbonyl (C=O) groups is 2. The van der Waals surface area contributed by atoms with E-state index in [0.29, 0.717) is 29.8 Å². The fourth-order valence-corrected chi connectivity index (χ4v) is 4.24. The number of hydrogen-bond acceptors (Lipinski definition) is 7. The summed E-state index contributed by atoms with van der Waals surface area (Å²) in [6.45, 7) is 1.75. The molecule has 1 aromatic rings. The number of anilines is 1. The van der Waals surface area contributed by atoms with Gasteiger partial charge in [0.1, 0.15) is 18.5 Å². The second-order valence-electron chi connectivity index (χ2n) is 7.16. The predicted molar refractivity (Wildman–Crippen MR) is 105 cm³/mol. The summed E-state index contributed by atoms with van der Waals surface area (Å²) in [7, 11) is -0.422. The molecule has 3 rings (SSSR count). The molecule has 1 saturated heterocycles. The minimum absolute atomic E-state index is 0.0672. The van der Waals surface area contributed by atoms with Crippen molar-refractivity contribution in [3.63, 3.8) is 0 Å². The molecular weight excluding hydrogens is 400 g/mol. The van der Waals surface area contributed by atoms with E-state index in [4.69, 9.17) is 14.2 Å². The highest BCUT2D eigenvalue weighted by atomic mass is 32.2. The summed E-state index contributed by atoms with van der Waals surface area (Å²) in [5.74, 6) is -0.319. The molecule has 10 heteroatoms. The summed E-state index contributed by atoms with van der Waals surface area (Å²) < 4.78 is 42.7. The van der Waals surface area contributed by atoms with E-state index in [-0.39, 0.29) is 48.9 Å². The number of nitrogens with one attached hydrogen (secondary N) is 1. The van der Waals surface area contributed by atoms with Crippen LogP contribution in [-0.4, -0.2) is 70.0 Å². The van der Waals surface area contributed by atoms with Gasteiger partial charge in [-0.1, -0.05) is 0 Å². The molecule has 29 heavy (non-hydrogen) atoms. The molecule has 2 aliphatic heterocycles. The summed E-state index contributed by atoms with van der Waals surface area (Å²) in [5.41, 5.74) is 0.602. The van der Waals surface area contributed by atoms with Crippen molar-refractivity contribution in [2.75, 3.05) is 31.2 Å². The molecule has 1 N–H and O–H groups in total. The molecule has 0 aromatic heterocycles. The number of sulfonamides is 1. The van der Waals surface area contributed by atoms with Crippen LogP contribution in [0.3, 0.4) is 0 Å². The summed E-state index contributed by atoms with van der Waals surface area (Å²) in [6.07, 6.45) is 0.792. The molecule has 2 aliphatic rings. The van der Waals surface area contributed by atoms with Crippen LogP contribution < -0.4 is 9.46 Å². The van der Waals surface area contributed by atoms with Gasteiger partial charge in [0.2, 0.25) is 10.0 Å². The second kappa shape index (κ2) is 8.58. The summed E-state index contributed by atoms with van der Waals surface area (Å²) in [6, 6.07) is 4.41. The van der Waals surface area contributed by atoms with Crippen LogP contribution in [0.2, 0.25) is 0 Å². The standard InChI is InChI=1S/C19H26N2O7S/c1-4-29(24,25)20-12-5-8-16-14(9-12)19(23)21(2)15-7-6-13(10-18(22)26-3)28-17(15)11-27-16/h5,8-9,13,15,17,20H,4,6-7,10-11H2,1-3H3/t13-,15+,17-/m1/s1. The van der Waals surface area contributed by atoms with Crippen molar-refractivity contribution >= 4 is 27.6 Å². The van der Waals surface area contributed by atoms with E-state index >= 15 is 0 Å². The zero-order valence-corrected chi connectivity index (χ0v) is 17.5. The van der Waals surface area contributed by atoms with Crippen molar-refractivity contribution in [2.24, 2.45) is 0 Å². The molecule has 3 atom stereocenters. The van der Waals surface area contributed by atoms with Gasteiger partial charge in [0.25, 0.3) is 5.91 Å². The molecule has 2 heterocycles. The van der Waals surface area contributed by atoms with Gasteiger partial charge in [-0.3, -0.25) is 14.3 Å². The largest absolute Gasteiger partial charge is 0.490 e. The van der Waals surface area contributed by atoms with Crippen LogP contribution in [0, 0.1) is 0 Å². The van der Waals surface area contributed by atoms with Gasteiger partial charge < -0.3 is 19.1 Å². The Morgan fingerprint density at radius 1 is 1.34 bits per heavy atom. The second-order valence-corrected chi connectivity index (χ2v) is 9.18. The minimum atomic E-state index is -3.46. The van der Waals surface area contributed by atoms with Crippen LogP contribution in [0.4, 0.5) is 5.69 Å². The summed E-state index contributed by atoms with van der Waals surface area (Å²) >= 11 is 0. The van der Waals surface area contributed by atoms with Crippen molar-refractivity contribution in [2.45, 2.75) is 44.4 Å². The van der Waals surface area contributed by atoms with Crippen LogP contribution in [0.5, 0.6) is 5.75 Å². The zero-order valence-electron chi connectivity index (χ0n) is 16.7. The monoisotopic (exact) mass is 426 g/mol. The van der Waals surface area contributed by atoms with Gasteiger partial charge in [-0.25, -0.2) is 8.42 Å². The Morgan fingerprint density at radius 2 is 2.10 bits per heavy atom. The first kappa shape index (κ1) is 21.4. The fraction of sp³-hybridized carbons (Fsp3) is 0.579. The van der Waals surface area contributed by atoms with Gasteiger partial charge in [-0.2, -0.15) is 0 Å². The molecule has 1 amide bonds. The topological polar surface area (TPSA) is 111 Å². The first-order valence-corrected chi connectivity index (χ1v) is 11.2. The molecule has 9 nitrogen and oxygen atoms in total. The number of rotatable bonds is 5. The maximum absolute atomic E-state index is 13.1. The average molecular weight is 426 g/mol. The maximum atomic E-state index is 13.1. The Bertz CT molecular complexity index is 887. The Balaban J connectivity index is 1.82. The van der Waals surface area contributed by atoms with Crippen molar-refractivity contribution in [3.05, 3.63) is 23.8 Å². The quantitative estimate of drug-likeness (QED) is 0.708. The summed E-state index contributed by atoms with van der Waals surface area (Å²) in [4.78, 5) is 26.2. The molecular formula is C19H26N2O7S. The van der Waals surface area contributed by atoms with E-state index in [1.54, 1.807) is 24.1 Å². The predicted octanol–water partition coefficient (Wildman–Crippen LogP) is 1.39. The number of methoxy groups -OCH3 is 1. The molecule has 0 bridgehead atoms. The maximum Gasteiger partial charge on any atom is 0.308 e. The third kappa shape index (κ3) is 4.81. The lowest BCUT2D eigenvalue weighted by Crippen LogP contribution is -2.53. The number of nitrogens with zero attached hydrogens (tertiary/aromatic N) is 1. The fourth-order valence-electron chi connectivity index (χ4n) is 3.61. The number of esters is 1. The number of hydrogen-bond donors (Lipinski definition) is 1. The average Bonchev–Trinajstić information content (AvgIpc) is 2.70. The lowest BCUT2D eigenvalue weighted by atomic mass is 9.94. The van der Waals surface area contributed by atoms with Gasteiger partial charge in [0.15, 0.2) is 0 Å². The lowest BCUT2D eigenvalue weighted by molar-refractivity contribution is -0.151. The highest BCUT2D eigenvalue weighted by Gasteiger charge is 2.39. The van der Waals surface area contributed by atoms with Gasteiger partial charge in [-0.15, -0.1) is 0 Å². The van der Waals surface area contributed by atoms with Gasteiger partial charge >= 0.3 is 5.97 Å². The van der Waals surface area contributed by atoms with Crippen molar-refractivity contribution in [3.8, 4) is 5.75 Å². The van der Waals surface area contributed by atoms with Gasteiger partial charge in [0.05, 0.1) is 37.0 Å². The van der Waals surface area contributed by atoms with E-state index < -0.39 is 10.0 Å². The van der Waals surface area contributed by atoms with E-state index in [2.05, 4.69) is 4.72 Å². The van der Waals surface area contributed by atoms with Crippen LogP contribution in [-0.2, 0) is 24.3 Å². The Kier molecular flexibility index (Phi) is 6.33. The molecule has 0 saturated carbocycles. The van der Waals surface area contributed by atoms with Crippen LogP contribution in [0.15, 0.2) is 18.2 Å². The van der Waals surface area contributed by atoms with E-state index in [1.807, 2.05) is 0 Å². The Labute approximate surface area is 170 Å². The van der Waals surface area contributed by atoms with Crippen LogP contribution in [0.25, 0.3) is 0 Å². The van der Waals surface area contributed by atoms with Crippen molar-refractivity contribution in [1.82, 2.24) is 4.90 Å². The molecule has 160 valence electrons. The SMILES string of the molecule is CCS(=O)(=O)Nc1ccc2c(c1)C(=O)N(C)[C@H]1CC[C@H](CC(=O)OC)O[C@@H]1CO2. The van der Waals surface area contributed by atoms with Gasteiger partial charge in [-0.05, 0) is 38.0 Å². The van der Waals surface area contributed by atoms with Crippen molar-refractivity contribution < 1.29 is 32.2 Å². The normalized spacial score (nSPS) is 24.4. The highest BCUT2D eigenvalue weighted by molar-refractivity contribution is 7.92. The number of fused-ring (bicyclic) bond motifs is 2. The molecule has 0 aliphatic carbocycles. The Morgan fingerprint density at radius 3 is 2.79 bits per heavy atom. The van der Waals surface area contributed by atoms with E-state index in [1.165, 1.54) is 20.1 Å². The minimum Gasteiger partial charge on any atom is -0.490 e. The first-order valence-electron chi connectivity index (χ1n) is 9.50. The van der Waals surface area contributed by atoms with E-state index in [9.17, 15) is 18.0 Å².